The van der Waals surface area contributed by atoms with Crippen LogP contribution in [0.15, 0.2) is 29.2 Å². The van der Waals surface area contributed by atoms with Crippen LogP contribution in [0.2, 0.25) is 0 Å². The first kappa shape index (κ1) is 21.4. The van der Waals surface area contributed by atoms with Crippen LogP contribution in [-0.4, -0.2) is 62.3 Å². The van der Waals surface area contributed by atoms with Crippen molar-refractivity contribution < 1.29 is 22.7 Å². The summed E-state index contributed by atoms with van der Waals surface area (Å²) in [6.45, 7) is 6.63. The van der Waals surface area contributed by atoms with Crippen molar-refractivity contribution >= 4 is 21.9 Å². The average Bonchev–Trinajstić information content (AvgIpc) is 2.65. The number of amides is 1. The highest BCUT2D eigenvalue weighted by Crippen LogP contribution is 2.19. The molecule has 2 rings (SSSR count). The Morgan fingerprint density at radius 1 is 1.33 bits per heavy atom. The maximum Gasteiger partial charge on any atom is 0.338 e. The smallest absolute Gasteiger partial charge is 0.338 e. The first-order chi connectivity index (χ1) is 12.6. The molecule has 1 aromatic carbocycles. The minimum Gasteiger partial charge on any atom is -0.452 e. The molecule has 0 N–H and O–H groups in total. The molecule has 7 nitrogen and oxygen atoms in total. The van der Waals surface area contributed by atoms with Crippen LogP contribution >= 0.6 is 0 Å². The third-order valence-corrected chi connectivity index (χ3v) is 6.84. The second-order valence-electron chi connectivity index (χ2n) is 7.31. The third-order valence-electron chi connectivity index (χ3n) is 4.81. The van der Waals surface area contributed by atoms with Gasteiger partial charge in [-0.1, -0.05) is 13.0 Å². The molecule has 1 atom stereocenters. The molecular formula is C19H28N2O5S. The maximum absolute atomic E-state index is 12.6. The molecule has 0 aliphatic carbocycles. The normalized spacial score (nSPS) is 18.0. The number of sulfonamides is 1. The monoisotopic (exact) mass is 396 g/mol. The van der Waals surface area contributed by atoms with Crippen LogP contribution in [0.5, 0.6) is 0 Å². The second-order valence-corrected chi connectivity index (χ2v) is 9.30. The lowest BCUT2D eigenvalue weighted by atomic mass is 10.0. The topological polar surface area (TPSA) is 84.0 Å². The molecule has 1 aromatic rings. The van der Waals surface area contributed by atoms with Crippen molar-refractivity contribution in [3.05, 3.63) is 29.8 Å². The molecule has 0 aromatic heterocycles. The Hall–Kier alpha value is -1.93. The molecule has 1 saturated heterocycles. The fourth-order valence-electron chi connectivity index (χ4n) is 2.95. The van der Waals surface area contributed by atoms with E-state index >= 15 is 0 Å². The zero-order chi connectivity index (χ0) is 20.2. The van der Waals surface area contributed by atoms with E-state index in [1.165, 1.54) is 35.6 Å². The van der Waals surface area contributed by atoms with E-state index in [1.54, 1.807) is 18.7 Å². The predicted octanol–water partition coefficient (Wildman–Crippen LogP) is 2.13. The summed E-state index contributed by atoms with van der Waals surface area (Å²) in [5.74, 6) is -0.492. The standard InChI is InChI=1S/C19H28N2O5S/c1-14(2)20(4)27(24,25)17-9-5-8-16(11-17)19(23)26-13-18(22)21-10-6-7-15(3)12-21/h5,8-9,11,14-15H,6-7,10,12-13H2,1-4H3/t15-/m1/s1. The largest absolute Gasteiger partial charge is 0.452 e. The van der Waals surface area contributed by atoms with E-state index in [1.807, 2.05) is 0 Å². The fourth-order valence-corrected chi connectivity index (χ4v) is 4.36. The number of ether oxygens (including phenoxy) is 1. The van der Waals surface area contributed by atoms with Crippen molar-refractivity contribution in [3.8, 4) is 0 Å². The van der Waals surface area contributed by atoms with Crippen LogP contribution in [-0.2, 0) is 19.6 Å². The van der Waals surface area contributed by atoms with Gasteiger partial charge in [-0.2, -0.15) is 4.31 Å². The van der Waals surface area contributed by atoms with Crippen LogP contribution in [0, 0.1) is 5.92 Å². The second kappa shape index (κ2) is 8.84. The van der Waals surface area contributed by atoms with Gasteiger partial charge in [0.2, 0.25) is 10.0 Å². The zero-order valence-corrected chi connectivity index (χ0v) is 17.2. The Labute approximate surface area is 161 Å². The zero-order valence-electron chi connectivity index (χ0n) is 16.3. The van der Waals surface area contributed by atoms with E-state index in [2.05, 4.69) is 6.92 Å². The molecule has 0 spiro atoms. The lowest BCUT2D eigenvalue weighted by Gasteiger charge is -2.30. The SMILES string of the molecule is CC(C)N(C)S(=O)(=O)c1cccc(C(=O)OCC(=O)N2CCC[C@@H](C)C2)c1. The van der Waals surface area contributed by atoms with Crippen LogP contribution in [0.1, 0.15) is 44.0 Å². The molecule has 1 aliphatic heterocycles. The van der Waals surface area contributed by atoms with Crippen molar-refractivity contribution in [2.75, 3.05) is 26.7 Å². The Morgan fingerprint density at radius 3 is 2.67 bits per heavy atom. The van der Waals surface area contributed by atoms with E-state index in [4.69, 9.17) is 4.74 Å². The summed E-state index contributed by atoms with van der Waals surface area (Å²) in [5.41, 5.74) is 0.105. The van der Waals surface area contributed by atoms with Crippen LogP contribution in [0.3, 0.4) is 0 Å². The number of nitrogens with zero attached hydrogens (tertiary/aromatic N) is 2. The van der Waals surface area contributed by atoms with Gasteiger partial charge in [0.1, 0.15) is 0 Å². The molecule has 0 radical (unpaired) electrons. The third kappa shape index (κ3) is 5.29. The molecular weight excluding hydrogens is 368 g/mol. The van der Waals surface area contributed by atoms with Crippen LogP contribution in [0.4, 0.5) is 0 Å². The molecule has 1 aliphatic rings. The number of piperidine rings is 1. The van der Waals surface area contributed by atoms with Gasteiger partial charge >= 0.3 is 5.97 Å². The number of hydrogen-bond donors (Lipinski definition) is 0. The van der Waals surface area contributed by atoms with Gasteiger partial charge in [-0.05, 0) is 50.8 Å². The minimum atomic E-state index is -3.70. The van der Waals surface area contributed by atoms with E-state index in [0.29, 0.717) is 19.0 Å². The number of esters is 1. The molecule has 0 saturated carbocycles. The van der Waals surface area contributed by atoms with Crippen molar-refractivity contribution in [3.63, 3.8) is 0 Å². The summed E-state index contributed by atoms with van der Waals surface area (Å²) in [7, 11) is -2.21. The summed E-state index contributed by atoms with van der Waals surface area (Å²) in [6.07, 6.45) is 2.04. The summed E-state index contributed by atoms with van der Waals surface area (Å²) >= 11 is 0. The lowest BCUT2D eigenvalue weighted by Crippen LogP contribution is -2.41. The van der Waals surface area contributed by atoms with Crippen molar-refractivity contribution in [2.24, 2.45) is 5.92 Å². The van der Waals surface area contributed by atoms with Crippen molar-refractivity contribution in [1.29, 1.82) is 0 Å². The fraction of sp³-hybridized carbons (Fsp3) is 0.579. The van der Waals surface area contributed by atoms with Gasteiger partial charge in [-0.25, -0.2) is 13.2 Å². The Morgan fingerprint density at radius 2 is 2.04 bits per heavy atom. The van der Waals surface area contributed by atoms with Gasteiger partial charge in [-0.15, -0.1) is 0 Å². The Balaban J connectivity index is 2.04. The maximum atomic E-state index is 12.6. The van der Waals surface area contributed by atoms with Gasteiger partial charge in [0, 0.05) is 26.2 Å². The van der Waals surface area contributed by atoms with Gasteiger partial charge in [0.25, 0.3) is 5.91 Å². The van der Waals surface area contributed by atoms with Gasteiger partial charge in [-0.3, -0.25) is 4.79 Å². The summed E-state index contributed by atoms with van der Waals surface area (Å²) in [4.78, 5) is 26.2. The summed E-state index contributed by atoms with van der Waals surface area (Å²) < 4.78 is 31.5. The highest BCUT2D eigenvalue weighted by molar-refractivity contribution is 7.89. The number of rotatable bonds is 6. The van der Waals surface area contributed by atoms with Crippen LogP contribution < -0.4 is 0 Å². The number of carbonyl (C=O) groups is 2. The first-order valence-electron chi connectivity index (χ1n) is 9.16. The van der Waals surface area contributed by atoms with Gasteiger partial charge < -0.3 is 9.64 Å². The first-order valence-corrected chi connectivity index (χ1v) is 10.6. The number of carbonyl (C=O) groups excluding carboxylic acids is 2. The highest BCUT2D eigenvalue weighted by Gasteiger charge is 2.25. The molecule has 1 amide bonds. The van der Waals surface area contributed by atoms with E-state index < -0.39 is 16.0 Å². The quantitative estimate of drug-likeness (QED) is 0.688. The van der Waals surface area contributed by atoms with E-state index in [0.717, 1.165) is 12.8 Å². The molecule has 8 heteroatoms. The van der Waals surface area contributed by atoms with Gasteiger partial charge in [0.15, 0.2) is 6.61 Å². The molecule has 0 unspecified atom stereocenters. The molecule has 1 fully saturated rings. The Bertz CT molecular complexity index is 791. The summed E-state index contributed by atoms with van der Waals surface area (Å²) in [5, 5.41) is 0. The van der Waals surface area contributed by atoms with E-state index in [-0.39, 0.29) is 29.0 Å². The number of hydrogen-bond acceptors (Lipinski definition) is 5. The van der Waals surface area contributed by atoms with Gasteiger partial charge in [0.05, 0.1) is 10.5 Å². The predicted molar refractivity (Wildman–Crippen MR) is 102 cm³/mol. The molecule has 27 heavy (non-hydrogen) atoms. The van der Waals surface area contributed by atoms with Crippen molar-refractivity contribution in [2.45, 2.75) is 44.6 Å². The number of likely N-dealkylation sites (tertiary alicyclic amines) is 1. The molecule has 150 valence electrons. The molecule has 0 bridgehead atoms. The van der Waals surface area contributed by atoms with E-state index in [9.17, 15) is 18.0 Å². The van der Waals surface area contributed by atoms with Crippen molar-refractivity contribution in [1.82, 2.24) is 9.21 Å². The number of benzene rings is 1. The molecule has 1 heterocycles. The van der Waals surface area contributed by atoms with Crippen LogP contribution in [0.25, 0.3) is 0 Å². The average molecular weight is 397 g/mol. The summed E-state index contributed by atoms with van der Waals surface area (Å²) in [6, 6.07) is 5.47. The highest BCUT2D eigenvalue weighted by atomic mass is 32.2. The lowest BCUT2D eigenvalue weighted by molar-refractivity contribution is -0.136. The minimum absolute atomic E-state index is 0.0179. The Kier molecular flexibility index (Phi) is 7.00.